The summed E-state index contributed by atoms with van der Waals surface area (Å²) >= 11 is 0. The molecule has 5 nitrogen and oxygen atoms in total. The highest BCUT2D eigenvalue weighted by Gasteiger charge is 2.34. The van der Waals surface area contributed by atoms with Crippen molar-refractivity contribution in [2.24, 2.45) is 0 Å². The van der Waals surface area contributed by atoms with Crippen molar-refractivity contribution < 1.29 is 19.2 Å². The van der Waals surface area contributed by atoms with E-state index < -0.39 is 6.10 Å². The van der Waals surface area contributed by atoms with Crippen molar-refractivity contribution in [1.82, 2.24) is 5.06 Å². The summed E-state index contributed by atoms with van der Waals surface area (Å²) in [6.07, 6.45) is 6.62. The molecule has 2 amide bonds. The van der Waals surface area contributed by atoms with Crippen molar-refractivity contribution in [1.29, 1.82) is 0 Å². The Bertz CT molecular complexity index is 569. The van der Waals surface area contributed by atoms with Gasteiger partial charge in [-0.3, -0.25) is 19.2 Å². The van der Waals surface area contributed by atoms with Crippen LogP contribution in [0.25, 0.3) is 0 Å². The van der Waals surface area contributed by atoms with Crippen LogP contribution < -0.4 is 0 Å². The zero-order valence-corrected chi connectivity index (χ0v) is 14.9. The van der Waals surface area contributed by atoms with E-state index in [0.717, 1.165) is 24.3 Å². The monoisotopic (exact) mass is 345 g/mol. The third-order valence-electron chi connectivity index (χ3n) is 4.41. The van der Waals surface area contributed by atoms with Crippen LogP contribution in [0.1, 0.15) is 75.1 Å². The summed E-state index contributed by atoms with van der Waals surface area (Å²) in [6, 6.07) is 8.89. The molecule has 1 saturated heterocycles. The van der Waals surface area contributed by atoms with Gasteiger partial charge in [0, 0.05) is 18.4 Å². The van der Waals surface area contributed by atoms with Gasteiger partial charge < -0.3 is 0 Å². The number of imide groups is 1. The van der Waals surface area contributed by atoms with Gasteiger partial charge in [0.25, 0.3) is 11.8 Å². The van der Waals surface area contributed by atoms with Crippen LogP contribution in [0.2, 0.25) is 0 Å². The Kier molecular flexibility index (Phi) is 7.79. The number of ketones is 1. The largest absolute Gasteiger partial charge is 0.291 e. The lowest BCUT2D eigenvalue weighted by Crippen LogP contribution is -2.37. The maximum absolute atomic E-state index is 12.7. The first-order valence-corrected chi connectivity index (χ1v) is 9.25. The van der Waals surface area contributed by atoms with Gasteiger partial charge in [-0.05, 0) is 6.42 Å². The minimum atomic E-state index is -0.792. The predicted molar refractivity (Wildman–Crippen MR) is 94.7 cm³/mol. The SMILES string of the molecule is CCCCCCCCC(ON1C(=O)CCC1=O)C(=O)c1ccccc1. The molecule has 1 unspecified atom stereocenters. The maximum Gasteiger partial charge on any atom is 0.254 e. The molecule has 0 N–H and O–H groups in total. The van der Waals surface area contributed by atoms with Crippen LogP contribution in [-0.2, 0) is 14.4 Å². The number of benzene rings is 1. The third-order valence-corrected chi connectivity index (χ3v) is 4.41. The summed E-state index contributed by atoms with van der Waals surface area (Å²) in [7, 11) is 0. The number of hydrogen-bond acceptors (Lipinski definition) is 4. The number of rotatable bonds is 11. The zero-order chi connectivity index (χ0) is 18.1. The van der Waals surface area contributed by atoms with E-state index in [9.17, 15) is 14.4 Å². The van der Waals surface area contributed by atoms with E-state index in [1.807, 2.05) is 6.07 Å². The minimum absolute atomic E-state index is 0.155. The number of Topliss-reactive ketones (excluding diaryl/α,β-unsaturated/α-hetero) is 1. The highest BCUT2D eigenvalue weighted by atomic mass is 16.7. The molecule has 0 aliphatic carbocycles. The molecular weight excluding hydrogens is 318 g/mol. The van der Waals surface area contributed by atoms with E-state index in [2.05, 4.69) is 6.92 Å². The van der Waals surface area contributed by atoms with E-state index >= 15 is 0 Å². The second-order valence-corrected chi connectivity index (χ2v) is 6.46. The molecule has 1 heterocycles. The van der Waals surface area contributed by atoms with Gasteiger partial charge in [-0.2, -0.15) is 5.06 Å². The van der Waals surface area contributed by atoms with Crippen LogP contribution in [-0.4, -0.2) is 28.8 Å². The van der Waals surface area contributed by atoms with Crippen molar-refractivity contribution in [2.45, 2.75) is 70.8 Å². The number of hydroxylamine groups is 2. The topological polar surface area (TPSA) is 63.7 Å². The van der Waals surface area contributed by atoms with Gasteiger partial charge in [0.1, 0.15) is 6.10 Å². The Balaban J connectivity index is 1.97. The Morgan fingerprint density at radius 1 is 1.00 bits per heavy atom. The molecule has 0 bridgehead atoms. The molecule has 0 saturated carbocycles. The van der Waals surface area contributed by atoms with Crippen molar-refractivity contribution >= 4 is 17.6 Å². The number of nitrogens with zero attached hydrogens (tertiary/aromatic N) is 1. The zero-order valence-electron chi connectivity index (χ0n) is 14.9. The molecule has 0 aromatic heterocycles. The molecule has 2 rings (SSSR count). The molecule has 1 aliphatic rings. The summed E-state index contributed by atoms with van der Waals surface area (Å²) < 4.78 is 0. The first-order chi connectivity index (χ1) is 12.1. The average molecular weight is 345 g/mol. The summed E-state index contributed by atoms with van der Waals surface area (Å²) in [6.45, 7) is 2.17. The first-order valence-electron chi connectivity index (χ1n) is 9.25. The van der Waals surface area contributed by atoms with Crippen LogP contribution in [0, 0.1) is 0 Å². The van der Waals surface area contributed by atoms with Crippen LogP contribution in [0.4, 0.5) is 0 Å². The molecule has 25 heavy (non-hydrogen) atoms. The number of carbonyl (C=O) groups excluding carboxylic acids is 3. The maximum atomic E-state index is 12.7. The van der Waals surface area contributed by atoms with Gasteiger partial charge in [0.15, 0.2) is 5.78 Å². The molecule has 1 aromatic carbocycles. The standard InChI is InChI=1S/C20H27NO4/c1-2-3-4-5-6-10-13-17(20(24)16-11-8-7-9-12-16)25-21-18(22)14-15-19(21)23/h7-9,11-12,17H,2-6,10,13-15H2,1H3. The fraction of sp³-hybridized carbons (Fsp3) is 0.550. The second-order valence-electron chi connectivity index (χ2n) is 6.46. The normalized spacial score (nSPS) is 15.6. The average Bonchev–Trinajstić information content (AvgIpc) is 2.95. The summed E-state index contributed by atoms with van der Waals surface area (Å²) in [5.74, 6) is -0.903. The predicted octanol–water partition coefficient (Wildman–Crippen LogP) is 4.07. The Labute approximate surface area is 149 Å². The van der Waals surface area contributed by atoms with Crippen molar-refractivity contribution in [3.63, 3.8) is 0 Å². The molecule has 136 valence electrons. The van der Waals surface area contributed by atoms with Gasteiger partial charge in [-0.25, -0.2) is 0 Å². The number of hydrogen-bond donors (Lipinski definition) is 0. The molecule has 0 spiro atoms. The van der Waals surface area contributed by atoms with Crippen molar-refractivity contribution in [3.8, 4) is 0 Å². The molecule has 0 radical (unpaired) electrons. The van der Waals surface area contributed by atoms with E-state index in [-0.39, 0.29) is 30.4 Å². The summed E-state index contributed by atoms with van der Waals surface area (Å²) in [5.41, 5.74) is 0.539. The van der Waals surface area contributed by atoms with Gasteiger partial charge in [0.2, 0.25) is 0 Å². The lowest BCUT2D eigenvalue weighted by Gasteiger charge is -2.21. The van der Waals surface area contributed by atoms with Gasteiger partial charge in [-0.1, -0.05) is 75.8 Å². The Morgan fingerprint density at radius 2 is 1.60 bits per heavy atom. The molecular formula is C20H27NO4. The van der Waals surface area contributed by atoms with E-state index in [0.29, 0.717) is 12.0 Å². The Hall–Kier alpha value is -2.01. The summed E-state index contributed by atoms with van der Waals surface area (Å²) in [4.78, 5) is 41.9. The number of amides is 2. The quantitative estimate of drug-likeness (QED) is 0.344. The summed E-state index contributed by atoms with van der Waals surface area (Å²) in [5, 5.41) is 0.794. The molecule has 1 aliphatic heterocycles. The van der Waals surface area contributed by atoms with E-state index in [1.54, 1.807) is 24.3 Å². The minimum Gasteiger partial charge on any atom is -0.291 e. The van der Waals surface area contributed by atoms with Crippen LogP contribution in [0.15, 0.2) is 30.3 Å². The Morgan fingerprint density at radius 3 is 2.24 bits per heavy atom. The first kappa shape index (κ1) is 19.3. The van der Waals surface area contributed by atoms with Gasteiger partial charge in [-0.15, -0.1) is 0 Å². The number of carbonyl (C=O) groups is 3. The fourth-order valence-electron chi connectivity index (χ4n) is 2.93. The smallest absolute Gasteiger partial charge is 0.254 e. The highest BCUT2D eigenvalue weighted by molar-refractivity contribution is 6.02. The van der Waals surface area contributed by atoms with E-state index in [1.165, 1.54) is 19.3 Å². The van der Waals surface area contributed by atoms with Crippen molar-refractivity contribution in [2.75, 3.05) is 0 Å². The fourth-order valence-corrected chi connectivity index (χ4v) is 2.93. The molecule has 1 atom stereocenters. The lowest BCUT2D eigenvalue weighted by molar-refractivity contribution is -0.196. The molecule has 5 heteroatoms. The van der Waals surface area contributed by atoms with Crippen LogP contribution in [0.5, 0.6) is 0 Å². The molecule has 1 aromatic rings. The third kappa shape index (κ3) is 5.78. The van der Waals surface area contributed by atoms with Crippen LogP contribution >= 0.6 is 0 Å². The van der Waals surface area contributed by atoms with E-state index in [4.69, 9.17) is 4.84 Å². The second kappa shape index (κ2) is 10.1. The molecule has 1 fully saturated rings. The van der Waals surface area contributed by atoms with Gasteiger partial charge in [0.05, 0.1) is 0 Å². The van der Waals surface area contributed by atoms with Gasteiger partial charge >= 0.3 is 0 Å². The highest BCUT2D eigenvalue weighted by Crippen LogP contribution is 2.20. The lowest BCUT2D eigenvalue weighted by atomic mass is 10.0. The van der Waals surface area contributed by atoms with Crippen molar-refractivity contribution in [3.05, 3.63) is 35.9 Å². The van der Waals surface area contributed by atoms with Crippen LogP contribution in [0.3, 0.4) is 0 Å². The number of unbranched alkanes of at least 4 members (excludes halogenated alkanes) is 5.